The largest absolute Gasteiger partial charge is 0.507 e. The Morgan fingerprint density at radius 1 is 1.07 bits per heavy atom. The van der Waals surface area contributed by atoms with Gasteiger partial charge < -0.3 is 9.52 Å². The number of rotatable bonds is 3. The van der Waals surface area contributed by atoms with Gasteiger partial charge in [-0.3, -0.25) is 19.5 Å². The fraction of sp³-hybridized carbons (Fsp3) is 0.0952. The standard InChI is InChI=1S/C21H16N2O4/c1-13-4-6-15(7-5-13)23-18(16-3-2-12-27-16)17(20(25)21(23)26)19(24)14-8-10-22-11-9-14/h2-12,18,24H,1H3/b19-17-. The predicted octanol–water partition coefficient (Wildman–Crippen LogP) is 3.61. The van der Waals surface area contributed by atoms with Gasteiger partial charge in [-0.05, 0) is 43.3 Å². The lowest BCUT2D eigenvalue weighted by atomic mass is 9.99. The third kappa shape index (κ3) is 2.81. The van der Waals surface area contributed by atoms with Gasteiger partial charge in [-0.25, -0.2) is 0 Å². The Balaban J connectivity index is 1.92. The zero-order valence-corrected chi connectivity index (χ0v) is 14.5. The molecule has 4 rings (SSSR count). The second-order valence-corrected chi connectivity index (χ2v) is 6.26. The van der Waals surface area contributed by atoms with Gasteiger partial charge in [0, 0.05) is 23.6 Å². The smallest absolute Gasteiger partial charge is 0.300 e. The lowest BCUT2D eigenvalue weighted by molar-refractivity contribution is -0.132. The van der Waals surface area contributed by atoms with Gasteiger partial charge >= 0.3 is 0 Å². The minimum atomic E-state index is -0.851. The number of aliphatic hydroxyl groups is 1. The molecule has 0 aliphatic carbocycles. The molecule has 1 amide bonds. The van der Waals surface area contributed by atoms with Crippen molar-refractivity contribution in [3.63, 3.8) is 0 Å². The molecule has 0 saturated carbocycles. The first-order valence-electron chi connectivity index (χ1n) is 8.39. The number of carbonyl (C=O) groups is 2. The molecule has 27 heavy (non-hydrogen) atoms. The molecule has 6 heteroatoms. The van der Waals surface area contributed by atoms with E-state index in [1.807, 2.05) is 19.1 Å². The van der Waals surface area contributed by atoms with E-state index in [0.717, 1.165) is 5.56 Å². The molecule has 1 aliphatic heterocycles. The lowest BCUT2D eigenvalue weighted by Crippen LogP contribution is -2.29. The van der Waals surface area contributed by atoms with E-state index in [1.54, 1.807) is 36.4 Å². The third-order valence-electron chi connectivity index (χ3n) is 4.52. The number of hydrogen-bond donors (Lipinski definition) is 1. The van der Waals surface area contributed by atoms with Crippen LogP contribution in [0.3, 0.4) is 0 Å². The predicted molar refractivity (Wildman–Crippen MR) is 98.9 cm³/mol. The number of hydrogen-bond acceptors (Lipinski definition) is 5. The summed E-state index contributed by atoms with van der Waals surface area (Å²) in [5.74, 6) is -1.33. The molecule has 3 heterocycles. The van der Waals surface area contributed by atoms with Crippen LogP contribution in [0.5, 0.6) is 0 Å². The van der Waals surface area contributed by atoms with Gasteiger partial charge in [0.05, 0.1) is 11.8 Å². The average molecular weight is 360 g/mol. The number of aromatic nitrogens is 1. The molecule has 1 fully saturated rings. The summed E-state index contributed by atoms with van der Waals surface area (Å²) in [6.07, 6.45) is 4.48. The highest BCUT2D eigenvalue weighted by Gasteiger charge is 2.48. The quantitative estimate of drug-likeness (QED) is 0.438. The van der Waals surface area contributed by atoms with Crippen LogP contribution in [-0.2, 0) is 9.59 Å². The van der Waals surface area contributed by atoms with Crippen molar-refractivity contribution in [3.8, 4) is 0 Å². The molecule has 1 aliphatic rings. The van der Waals surface area contributed by atoms with E-state index in [1.165, 1.54) is 23.6 Å². The van der Waals surface area contributed by atoms with Crippen LogP contribution in [0.25, 0.3) is 5.76 Å². The molecule has 0 radical (unpaired) electrons. The van der Waals surface area contributed by atoms with Gasteiger partial charge in [0.1, 0.15) is 17.6 Å². The van der Waals surface area contributed by atoms with Gasteiger partial charge in [-0.2, -0.15) is 0 Å². The zero-order chi connectivity index (χ0) is 19.0. The summed E-state index contributed by atoms with van der Waals surface area (Å²) in [5.41, 5.74) is 1.98. The van der Waals surface area contributed by atoms with Gasteiger partial charge in [0.2, 0.25) is 0 Å². The van der Waals surface area contributed by atoms with Crippen LogP contribution in [-0.4, -0.2) is 21.8 Å². The molecule has 1 N–H and O–H groups in total. The van der Waals surface area contributed by atoms with Crippen LogP contribution in [0.2, 0.25) is 0 Å². The number of pyridine rings is 1. The number of furan rings is 1. The summed E-state index contributed by atoms with van der Waals surface area (Å²) >= 11 is 0. The molecule has 1 unspecified atom stereocenters. The highest BCUT2D eigenvalue weighted by Crippen LogP contribution is 2.42. The van der Waals surface area contributed by atoms with E-state index in [4.69, 9.17) is 4.42 Å². The van der Waals surface area contributed by atoms with Crippen LogP contribution in [0.4, 0.5) is 5.69 Å². The van der Waals surface area contributed by atoms with Crippen LogP contribution in [0.15, 0.2) is 77.2 Å². The van der Waals surface area contributed by atoms with E-state index in [2.05, 4.69) is 4.98 Å². The summed E-state index contributed by atoms with van der Waals surface area (Å²) in [5, 5.41) is 10.8. The SMILES string of the molecule is Cc1ccc(N2C(=O)C(=O)/C(=C(\O)c3ccncc3)C2c2ccco2)cc1. The zero-order valence-electron chi connectivity index (χ0n) is 14.5. The number of amides is 1. The average Bonchev–Trinajstić information content (AvgIpc) is 3.30. The van der Waals surface area contributed by atoms with E-state index < -0.39 is 17.7 Å². The number of anilines is 1. The molecule has 0 spiro atoms. The molecule has 1 aromatic carbocycles. The maximum Gasteiger partial charge on any atom is 0.300 e. The Bertz CT molecular complexity index is 1020. The summed E-state index contributed by atoms with van der Waals surface area (Å²) < 4.78 is 5.50. The third-order valence-corrected chi connectivity index (χ3v) is 4.52. The van der Waals surface area contributed by atoms with E-state index in [0.29, 0.717) is 17.0 Å². The monoisotopic (exact) mass is 360 g/mol. The van der Waals surface area contributed by atoms with E-state index in [-0.39, 0.29) is 11.3 Å². The molecular formula is C21H16N2O4. The Morgan fingerprint density at radius 2 is 1.78 bits per heavy atom. The molecule has 134 valence electrons. The Hall–Kier alpha value is -3.67. The fourth-order valence-electron chi connectivity index (χ4n) is 3.19. The van der Waals surface area contributed by atoms with Crippen molar-refractivity contribution in [2.24, 2.45) is 0 Å². The first kappa shape index (κ1) is 16.8. The minimum Gasteiger partial charge on any atom is -0.507 e. The molecule has 2 aromatic heterocycles. The number of ketones is 1. The Morgan fingerprint density at radius 3 is 2.41 bits per heavy atom. The second-order valence-electron chi connectivity index (χ2n) is 6.26. The van der Waals surface area contributed by atoms with Gasteiger partial charge in [0.15, 0.2) is 0 Å². The van der Waals surface area contributed by atoms with Crippen molar-refractivity contribution in [1.82, 2.24) is 4.98 Å². The summed E-state index contributed by atoms with van der Waals surface area (Å²) in [6.45, 7) is 1.94. The molecule has 1 saturated heterocycles. The second kappa shape index (κ2) is 6.57. The normalized spacial score (nSPS) is 18.9. The van der Waals surface area contributed by atoms with Crippen molar-refractivity contribution >= 4 is 23.1 Å². The minimum absolute atomic E-state index is 0.0123. The first-order chi connectivity index (χ1) is 13.1. The van der Waals surface area contributed by atoms with Gasteiger partial charge in [0.25, 0.3) is 11.7 Å². The van der Waals surface area contributed by atoms with Crippen molar-refractivity contribution in [2.45, 2.75) is 13.0 Å². The highest BCUT2D eigenvalue weighted by atomic mass is 16.3. The van der Waals surface area contributed by atoms with Crippen LogP contribution >= 0.6 is 0 Å². The van der Waals surface area contributed by atoms with Gasteiger partial charge in [-0.1, -0.05) is 17.7 Å². The van der Waals surface area contributed by atoms with E-state index >= 15 is 0 Å². The number of Topliss-reactive ketones (excluding diaryl/α,β-unsaturated/α-hetero) is 1. The molecule has 3 aromatic rings. The Labute approximate surface area is 155 Å². The van der Waals surface area contributed by atoms with Crippen molar-refractivity contribution in [3.05, 3.63) is 89.6 Å². The summed E-state index contributed by atoms with van der Waals surface area (Å²) in [4.78, 5) is 30.9. The van der Waals surface area contributed by atoms with Crippen molar-refractivity contribution in [2.75, 3.05) is 4.90 Å². The number of nitrogens with zero attached hydrogens (tertiary/aromatic N) is 2. The van der Waals surface area contributed by atoms with Gasteiger partial charge in [-0.15, -0.1) is 0 Å². The molecule has 0 bridgehead atoms. The van der Waals surface area contributed by atoms with Crippen LogP contribution in [0.1, 0.15) is 22.9 Å². The highest BCUT2D eigenvalue weighted by molar-refractivity contribution is 6.51. The fourth-order valence-corrected chi connectivity index (χ4v) is 3.19. The first-order valence-corrected chi connectivity index (χ1v) is 8.39. The number of aryl methyl sites for hydroxylation is 1. The van der Waals surface area contributed by atoms with E-state index in [9.17, 15) is 14.7 Å². The number of aliphatic hydroxyl groups excluding tert-OH is 1. The summed E-state index contributed by atoms with van der Waals surface area (Å²) in [6, 6.07) is 12.9. The summed E-state index contributed by atoms with van der Waals surface area (Å²) in [7, 11) is 0. The maximum atomic E-state index is 12.8. The topological polar surface area (TPSA) is 83.6 Å². The van der Waals surface area contributed by atoms with Crippen molar-refractivity contribution in [1.29, 1.82) is 0 Å². The molecule has 6 nitrogen and oxygen atoms in total. The molecular weight excluding hydrogens is 344 g/mol. The lowest BCUT2D eigenvalue weighted by Gasteiger charge is -2.23. The number of benzene rings is 1. The molecule has 1 atom stereocenters. The van der Waals surface area contributed by atoms with Crippen LogP contribution in [0, 0.1) is 6.92 Å². The Kier molecular flexibility index (Phi) is 4.08. The maximum absolute atomic E-state index is 12.8. The van der Waals surface area contributed by atoms with Crippen molar-refractivity contribution < 1.29 is 19.1 Å². The van der Waals surface area contributed by atoms with Crippen LogP contribution < -0.4 is 4.90 Å². The number of carbonyl (C=O) groups excluding carboxylic acids is 2.